The number of rotatable bonds is 13. The number of Topliss-reactive ketones (excluding diaryl/α,β-unsaturated/α-hetero) is 2. The van der Waals surface area contributed by atoms with Gasteiger partial charge in [0, 0.05) is 36.9 Å². The molecule has 0 heterocycles. The lowest BCUT2D eigenvalue weighted by Crippen LogP contribution is -2.30. The van der Waals surface area contributed by atoms with Crippen molar-refractivity contribution in [2.45, 2.75) is 82.3 Å². The molecule has 0 N–H and O–H groups in total. The molecule has 7 heteroatoms. The average Bonchev–Trinajstić information content (AvgIpc) is 2.93. The van der Waals surface area contributed by atoms with Crippen LogP contribution in [-0.4, -0.2) is 35.8 Å². The highest BCUT2D eigenvalue weighted by atomic mass is 32.1. The number of esters is 1. The Morgan fingerprint density at radius 3 is 2.61 bits per heavy atom. The number of allylic oxidation sites excluding steroid dienone is 2. The van der Waals surface area contributed by atoms with Gasteiger partial charge in [-0.3, -0.25) is 14.4 Å². The normalized spacial score (nSPS) is 22.8. The molecule has 4 nitrogen and oxygen atoms in total. The van der Waals surface area contributed by atoms with E-state index in [9.17, 15) is 23.2 Å². The second kappa shape index (κ2) is 12.3. The van der Waals surface area contributed by atoms with Crippen molar-refractivity contribution in [3.8, 4) is 0 Å². The van der Waals surface area contributed by atoms with Gasteiger partial charge in [0.25, 0.3) is 0 Å². The second-order valence-electron chi connectivity index (χ2n) is 7.45. The SMILES string of the molecule is CCCCC(F)(F)C(=O)CC[C@H]1C(S)CC(=O)[C@@H]1C/C=C\CCCC(=O)OC. The molecule has 0 amide bonds. The highest BCUT2D eigenvalue weighted by Crippen LogP contribution is 2.39. The number of unbranched alkanes of at least 4 members (excludes halogenated alkanes) is 2. The average molecular weight is 419 g/mol. The number of hydrogen-bond donors (Lipinski definition) is 1. The molecular formula is C21H32F2O4S. The molecule has 1 aliphatic rings. The van der Waals surface area contributed by atoms with E-state index in [1.807, 2.05) is 19.1 Å². The molecule has 1 aliphatic carbocycles. The van der Waals surface area contributed by atoms with Crippen LogP contribution < -0.4 is 0 Å². The Hall–Kier alpha value is -1.24. The van der Waals surface area contributed by atoms with Gasteiger partial charge in [-0.05, 0) is 38.0 Å². The molecule has 1 rings (SSSR count). The lowest BCUT2D eigenvalue weighted by molar-refractivity contribution is -0.144. The summed E-state index contributed by atoms with van der Waals surface area (Å²) in [4.78, 5) is 35.2. The third kappa shape index (κ3) is 8.02. The number of ether oxygens (including phenoxy) is 1. The Morgan fingerprint density at radius 2 is 1.96 bits per heavy atom. The monoisotopic (exact) mass is 418 g/mol. The molecule has 0 aliphatic heterocycles. The van der Waals surface area contributed by atoms with Gasteiger partial charge in [0.2, 0.25) is 5.78 Å². The summed E-state index contributed by atoms with van der Waals surface area (Å²) in [6.07, 6.45) is 6.94. The maximum atomic E-state index is 13.9. The van der Waals surface area contributed by atoms with Crippen LogP contribution in [0.3, 0.4) is 0 Å². The first-order chi connectivity index (χ1) is 13.2. The first kappa shape index (κ1) is 24.8. The van der Waals surface area contributed by atoms with Crippen molar-refractivity contribution >= 4 is 30.2 Å². The summed E-state index contributed by atoms with van der Waals surface area (Å²) in [5, 5.41) is -0.192. The van der Waals surface area contributed by atoms with Crippen molar-refractivity contribution in [3.63, 3.8) is 0 Å². The predicted molar refractivity (Wildman–Crippen MR) is 108 cm³/mol. The van der Waals surface area contributed by atoms with Gasteiger partial charge in [0.1, 0.15) is 5.78 Å². The summed E-state index contributed by atoms with van der Waals surface area (Å²) in [5.41, 5.74) is 0. The van der Waals surface area contributed by atoms with Crippen LogP contribution in [0.4, 0.5) is 8.78 Å². The fourth-order valence-corrected chi connectivity index (χ4v) is 4.10. The van der Waals surface area contributed by atoms with Crippen LogP contribution in [0.25, 0.3) is 0 Å². The highest BCUT2D eigenvalue weighted by Gasteiger charge is 2.42. The van der Waals surface area contributed by atoms with Gasteiger partial charge >= 0.3 is 11.9 Å². The van der Waals surface area contributed by atoms with Gasteiger partial charge in [0.15, 0.2) is 0 Å². The Balaban J connectivity index is 2.51. The molecule has 0 bridgehead atoms. The zero-order valence-electron chi connectivity index (χ0n) is 16.8. The summed E-state index contributed by atoms with van der Waals surface area (Å²) in [6.45, 7) is 1.81. The molecule has 0 saturated heterocycles. The van der Waals surface area contributed by atoms with E-state index >= 15 is 0 Å². The van der Waals surface area contributed by atoms with Gasteiger partial charge in [-0.2, -0.15) is 21.4 Å². The Bertz CT molecular complexity index is 563. The van der Waals surface area contributed by atoms with Crippen LogP contribution in [0.1, 0.15) is 71.1 Å². The summed E-state index contributed by atoms with van der Waals surface area (Å²) < 4.78 is 32.3. The van der Waals surface area contributed by atoms with Gasteiger partial charge in [0.05, 0.1) is 7.11 Å². The largest absolute Gasteiger partial charge is 0.469 e. The quantitative estimate of drug-likeness (QED) is 0.199. The Morgan fingerprint density at radius 1 is 1.25 bits per heavy atom. The van der Waals surface area contributed by atoms with Crippen LogP contribution in [0.2, 0.25) is 0 Å². The third-order valence-electron chi connectivity index (χ3n) is 5.33. The maximum absolute atomic E-state index is 13.9. The van der Waals surface area contributed by atoms with E-state index in [4.69, 9.17) is 0 Å². The Labute approximate surface area is 171 Å². The molecular weight excluding hydrogens is 386 g/mol. The number of carbonyl (C=O) groups excluding carboxylic acids is 3. The maximum Gasteiger partial charge on any atom is 0.305 e. The molecule has 0 aromatic heterocycles. The number of alkyl halides is 2. The minimum Gasteiger partial charge on any atom is -0.469 e. The number of carbonyl (C=O) groups is 3. The van der Waals surface area contributed by atoms with Crippen LogP contribution in [0.15, 0.2) is 12.2 Å². The first-order valence-corrected chi connectivity index (χ1v) is 10.6. The summed E-state index contributed by atoms with van der Waals surface area (Å²) >= 11 is 4.45. The van der Waals surface area contributed by atoms with Gasteiger partial charge in [-0.15, -0.1) is 0 Å². The highest BCUT2D eigenvalue weighted by molar-refractivity contribution is 7.81. The van der Waals surface area contributed by atoms with Gasteiger partial charge in [-0.25, -0.2) is 0 Å². The van der Waals surface area contributed by atoms with E-state index in [-0.39, 0.29) is 41.7 Å². The number of methoxy groups -OCH3 is 1. The number of thiol groups is 1. The fourth-order valence-electron chi connectivity index (χ4n) is 3.56. The number of hydrogen-bond acceptors (Lipinski definition) is 5. The van der Waals surface area contributed by atoms with Gasteiger partial charge < -0.3 is 4.74 Å². The molecule has 28 heavy (non-hydrogen) atoms. The summed E-state index contributed by atoms with van der Waals surface area (Å²) in [6, 6.07) is 0. The molecule has 3 atom stereocenters. The molecule has 1 saturated carbocycles. The molecule has 160 valence electrons. The lowest BCUT2D eigenvalue weighted by Gasteiger charge is -2.21. The van der Waals surface area contributed by atoms with Crippen molar-refractivity contribution in [2.75, 3.05) is 7.11 Å². The molecule has 1 fully saturated rings. The standard InChI is InChI=1S/C21H32F2O4S/c1-3-4-13-21(22,23)19(25)12-11-16-15(17(24)14-18(16)28)9-7-5-6-8-10-20(26)27-2/h5,7,15-16,18,28H,3-4,6,8-14H2,1-2H3/b7-5-/t15-,16-,18?/m1/s1. The van der Waals surface area contributed by atoms with Crippen molar-refractivity contribution in [1.82, 2.24) is 0 Å². The van der Waals surface area contributed by atoms with Crippen LogP contribution >= 0.6 is 12.6 Å². The van der Waals surface area contributed by atoms with Crippen LogP contribution in [0, 0.1) is 11.8 Å². The van der Waals surface area contributed by atoms with E-state index < -0.39 is 18.1 Å². The molecule has 0 radical (unpaired) electrons. The van der Waals surface area contributed by atoms with Crippen molar-refractivity contribution in [3.05, 3.63) is 12.2 Å². The van der Waals surface area contributed by atoms with Crippen LogP contribution in [0.5, 0.6) is 0 Å². The second-order valence-corrected chi connectivity index (χ2v) is 8.12. The molecule has 0 aromatic carbocycles. The molecule has 0 aromatic rings. The smallest absolute Gasteiger partial charge is 0.305 e. The zero-order valence-corrected chi connectivity index (χ0v) is 17.7. The zero-order chi connectivity index (χ0) is 21.2. The summed E-state index contributed by atoms with van der Waals surface area (Å²) in [5.74, 6) is -4.93. The minimum atomic E-state index is -3.28. The number of halogens is 2. The number of ketones is 2. The molecule has 1 unspecified atom stereocenters. The Kier molecular flexibility index (Phi) is 10.9. The topological polar surface area (TPSA) is 60.4 Å². The third-order valence-corrected chi connectivity index (χ3v) is 5.89. The fraction of sp³-hybridized carbons (Fsp3) is 0.762. The van der Waals surface area contributed by atoms with E-state index in [0.29, 0.717) is 44.9 Å². The summed E-state index contributed by atoms with van der Waals surface area (Å²) in [7, 11) is 1.35. The van der Waals surface area contributed by atoms with Crippen molar-refractivity contribution < 1.29 is 27.9 Å². The van der Waals surface area contributed by atoms with Crippen LogP contribution in [-0.2, 0) is 19.1 Å². The van der Waals surface area contributed by atoms with Gasteiger partial charge in [-0.1, -0.05) is 25.5 Å². The van der Waals surface area contributed by atoms with E-state index in [1.54, 1.807) is 0 Å². The van der Waals surface area contributed by atoms with E-state index in [1.165, 1.54) is 7.11 Å². The minimum absolute atomic E-state index is 0.0782. The van der Waals surface area contributed by atoms with Crippen molar-refractivity contribution in [1.29, 1.82) is 0 Å². The lowest BCUT2D eigenvalue weighted by atomic mass is 9.86. The first-order valence-electron chi connectivity index (χ1n) is 10.1. The predicted octanol–water partition coefficient (Wildman–Crippen LogP) is 4.95. The molecule has 0 spiro atoms. The van der Waals surface area contributed by atoms with E-state index in [0.717, 1.165) is 0 Å². The van der Waals surface area contributed by atoms with E-state index in [2.05, 4.69) is 17.4 Å². The van der Waals surface area contributed by atoms with Crippen molar-refractivity contribution in [2.24, 2.45) is 11.8 Å².